The molecule has 0 aromatic heterocycles. The molecule has 6 nitrogen and oxygen atoms in total. The van der Waals surface area contributed by atoms with E-state index in [2.05, 4.69) is 10.2 Å². The summed E-state index contributed by atoms with van der Waals surface area (Å²) in [6.07, 6.45) is 4.22. The third kappa shape index (κ3) is 7.29. The summed E-state index contributed by atoms with van der Waals surface area (Å²) >= 11 is 0. The quantitative estimate of drug-likeness (QED) is 0.762. The van der Waals surface area contributed by atoms with Gasteiger partial charge in [0.05, 0.1) is 12.6 Å². The Labute approximate surface area is 164 Å². The predicted molar refractivity (Wildman–Crippen MR) is 106 cm³/mol. The molecule has 1 unspecified atom stereocenters. The Morgan fingerprint density at radius 1 is 1.00 bits per heavy atom. The molecule has 25 heavy (non-hydrogen) atoms. The monoisotopic (exact) mass is 396 g/mol. The first-order valence-electron chi connectivity index (χ1n) is 9.18. The maximum absolute atomic E-state index is 12.6. The molecule has 2 amide bonds. The van der Waals surface area contributed by atoms with E-state index < -0.39 is 0 Å². The van der Waals surface area contributed by atoms with E-state index in [-0.39, 0.29) is 42.7 Å². The van der Waals surface area contributed by atoms with Crippen molar-refractivity contribution in [2.24, 2.45) is 0 Å². The summed E-state index contributed by atoms with van der Waals surface area (Å²) in [5.41, 5.74) is 0. The van der Waals surface area contributed by atoms with Crippen LogP contribution < -0.4 is 5.32 Å². The van der Waals surface area contributed by atoms with Gasteiger partial charge in [0.1, 0.15) is 0 Å². The van der Waals surface area contributed by atoms with E-state index in [4.69, 9.17) is 0 Å². The predicted octanol–water partition coefficient (Wildman–Crippen LogP) is 1.37. The summed E-state index contributed by atoms with van der Waals surface area (Å²) in [6, 6.07) is 0.00704. The minimum atomic E-state index is 0. The summed E-state index contributed by atoms with van der Waals surface area (Å²) in [6.45, 7) is 10.2. The van der Waals surface area contributed by atoms with Crippen molar-refractivity contribution in [2.75, 3.05) is 52.4 Å². The summed E-state index contributed by atoms with van der Waals surface area (Å²) in [5.74, 6) is 0.449. The van der Waals surface area contributed by atoms with E-state index in [1.165, 1.54) is 6.42 Å². The molecule has 2 fully saturated rings. The van der Waals surface area contributed by atoms with E-state index in [0.29, 0.717) is 6.54 Å². The van der Waals surface area contributed by atoms with Crippen LogP contribution in [0.15, 0.2) is 0 Å². The molecular weight excluding hydrogens is 363 g/mol. The van der Waals surface area contributed by atoms with Crippen molar-refractivity contribution in [3.05, 3.63) is 0 Å². The highest BCUT2D eigenvalue weighted by molar-refractivity contribution is 5.85. The largest absolute Gasteiger partial charge is 0.342 e. The van der Waals surface area contributed by atoms with Crippen molar-refractivity contribution >= 4 is 36.6 Å². The second-order valence-electron chi connectivity index (χ2n) is 6.52. The highest BCUT2D eigenvalue weighted by Gasteiger charge is 2.27. The summed E-state index contributed by atoms with van der Waals surface area (Å²) in [4.78, 5) is 30.9. The number of carbonyl (C=O) groups is 2. The van der Waals surface area contributed by atoms with Gasteiger partial charge in [-0.15, -0.1) is 24.8 Å². The maximum atomic E-state index is 12.6. The number of rotatable bonds is 5. The number of carbonyl (C=O) groups excluding carboxylic acids is 2. The van der Waals surface area contributed by atoms with Gasteiger partial charge in [-0.2, -0.15) is 0 Å². The number of halogens is 2. The lowest BCUT2D eigenvalue weighted by Crippen LogP contribution is -2.49. The molecule has 0 saturated carbocycles. The minimum Gasteiger partial charge on any atom is -0.342 e. The molecule has 0 aromatic rings. The zero-order valence-corrected chi connectivity index (χ0v) is 17.2. The number of hydrogen-bond donors (Lipinski definition) is 1. The van der Waals surface area contributed by atoms with Gasteiger partial charge in [0.2, 0.25) is 11.8 Å². The van der Waals surface area contributed by atoms with Gasteiger partial charge in [0, 0.05) is 39.3 Å². The smallest absolute Gasteiger partial charge is 0.239 e. The third-order valence-corrected chi connectivity index (χ3v) is 4.98. The molecule has 2 rings (SSSR count). The molecular formula is C17H34Cl2N4O2. The average Bonchev–Trinajstić information content (AvgIpc) is 2.82. The zero-order valence-electron chi connectivity index (χ0n) is 15.5. The number of nitrogens with zero attached hydrogens (tertiary/aromatic N) is 3. The summed E-state index contributed by atoms with van der Waals surface area (Å²) in [5, 5.41) is 3.34. The van der Waals surface area contributed by atoms with Gasteiger partial charge in [0.25, 0.3) is 0 Å². The standard InChI is InChI=1S/C17H32N4O2.2ClH/c1-3-20(4-2)16(22)14-19-10-7-11-21(13-12-19)17(23)15-8-5-6-9-18-15;;/h15,18H,3-14H2,1-2H3;2*1H. The van der Waals surface area contributed by atoms with Gasteiger partial charge in [0.15, 0.2) is 0 Å². The number of piperidine rings is 1. The molecule has 8 heteroatoms. The van der Waals surface area contributed by atoms with Gasteiger partial charge in [-0.1, -0.05) is 6.42 Å². The van der Waals surface area contributed by atoms with E-state index >= 15 is 0 Å². The SMILES string of the molecule is CCN(CC)C(=O)CN1CCCN(C(=O)C2CCCCN2)CC1.Cl.Cl. The van der Waals surface area contributed by atoms with Crippen LogP contribution in [-0.4, -0.2) is 84.9 Å². The summed E-state index contributed by atoms with van der Waals surface area (Å²) < 4.78 is 0. The Balaban J connectivity index is 0.00000288. The van der Waals surface area contributed by atoms with E-state index in [1.54, 1.807) is 0 Å². The molecule has 0 aromatic carbocycles. The molecule has 0 radical (unpaired) electrons. The lowest BCUT2D eigenvalue weighted by atomic mass is 10.0. The molecule has 1 atom stereocenters. The van der Waals surface area contributed by atoms with Crippen molar-refractivity contribution in [2.45, 2.75) is 45.6 Å². The van der Waals surface area contributed by atoms with Crippen LogP contribution in [0.2, 0.25) is 0 Å². The third-order valence-electron chi connectivity index (χ3n) is 4.98. The topological polar surface area (TPSA) is 55.9 Å². The fraction of sp³-hybridized carbons (Fsp3) is 0.882. The zero-order chi connectivity index (χ0) is 16.7. The second kappa shape index (κ2) is 12.7. The fourth-order valence-corrected chi connectivity index (χ4v) is 3.50. The molecule has 1 N–H and O–H groups in total. The number of nitrogens with one attached hydrogen (secondary N) is 1. The molecule has 0 aliphatic carbocycles. The number of likely N-dealkylation sites (N-methyl/N-ethyl adjacent to an activating group) is 1. The molecule has 0 bridgehead atoms. The van der Waals surface area contributed by atoms with Crippen molar-refractivity contribution in [1.29, 1.82) is 0 Å². The summed E-state index contributed by atoms with van der Waals surface area (Å²) in [7, 11) is 0. The Kier molecular flexibility index (Phi) is 12.5. The lowest BCUT2D eigenvalue weighted by molar-refractivity contribution is -0.133. The Bertz CT molecular complexity index is 402. The van der Waals surface area contributed by atoms with Gasteiger partial charge >= 0.3 is 0 Å². The minimum absolute atomic E-state index is 0. The normalized spacial score (nSPS) is 21.5. The van der Waals surface area contributed by atoms with Crippen molar-refractivity contribution in [3.63, 3.8) is 0 Å². The van der Waals surface area contributed by atoms with Gasteiger partial charge in [-0.3, -0.25) is 14.5 Å². The van der Waals surface area contributed by atoms with Gasteiger partial charge in [-0.25, -0.2) is 0 Å². The van der Waals surface area contributed by atoms with Gasteiger partial charge < -0.3 is 15.1 Å². The number of amides is 2. The van der Waals surface area contributed by atoms with Crippen LogP contribution in [0, 0.1) is 0 Å². The number of hydrogen-bond acceptors (Lipinski definition) is 4. The van der Waals surface area contributed by atoms with Crippen LogP contribution in [0.3, 0.4) is 0 Å². The first-order valence-corrected chi connectivity index (χ1v) is 9.18. The lowest BCUT2D eigenvalue weighted by Gasteiger charge is -2.29. The van der Waals surface area contributed by atoms with Crippen LogP contribution in [0.25, 0.3) is 0 Å². The molecule has 2 aliphatic rings. The van der Waals surface area contributed by atoms with Crippen molar-refractivity contribution in [3.8, 4) is 0 Å². The van der Waals surface area contributed by atoms with Crippen molar-refractivity contribution < 1.29 is 9.59 Å². The highest BCUT2D eigenvalue weighted by atomic mass is 35.5. The van der Waals surface area contributed by atoms with E-state index in [9.17, 15) is 9.59 Å². The van der Waals surface area contributed by atoms with Gasteiger partial charge in [-0.05, 0) is 39.7 Å². The average molecular weight is 397 g/mol. The Morgan fingerprint density at radius 3 is 2.32 bits per heavy atom. The van der Waals surface area contributed by atoms with Crippen LogP contribution >= 0.6 is 24.8 Å². The first kappa shape index (κ1) is 24.4. The molecule has 2 aliphatic heterocycles. The van der Waals surface area contributed by atoms with Crippen LogP contribution in [0.1, 0.15) is 39.5 Å². The first-order chi connectivity index (χ1) is 11.2. The Hall–Kier alpha value is -0.560. The maximum Gasteiger partial charge on any atom is 0.239 e. The van der Waals surface area contributed by atoms with E-state index in [1.807, 2.05) is 23.6 Å². The van der Waals surface area contributed by atoms with Crippen LogP contribution in [0.5, 0.6) is 0 Å². The Morgan fingerprint density at radius 2 is 1.72 bits per heavy atom. The van der Waals surface area contributed by atoms with Crippen LogP contribution in [0.4, 0.5) is 0 Å². The molecule has 2 heterocycles. The molecule has 148 valence electrons. The van der Waals surface area contributed by atoms with Crippen molar-refractivity contribution in [1.82, 2.24) is 20.0 Å². The molecule has 2 saturated heterocycles. The highest BCUT2D eigenvalue weighted by Crippen LogP contribution is 2.12. The van der Waals surface area contributed by atoms with Crippen LogP contribution in [-0.2, 0) is 9.59 Å². The van der Waals surface area contributed by atoms with E-state index in [0.717, 1.165) is 65.1 Å². The second-order valence-corrected chi connectivity index (χ2v) is 6.52. The fourth-order valence-electron chi connectivity index (χ4n) is 3.50. The molecule has 0 spiro atoms.